The molecule has 6 nitrogen and oxygen atoms in total. The van der Waals surface area contributed by atoms with Gasteiger partial charge >= 0.3 is 0 Å². The van der Waals surface area contributed by atoms with Crippen molar-refractivity contribution in [2.24, 2.45) is 0 Å². The minimum atomic E-state index is -0.578. The number of methoxy groups -OCH3 is 2. The zero-order chi connectivity index (χ0) is 18.6. The van der Waals surface area contributed by atoms with Crippen molar-refractivity contribution in [1.29, 1.82) is 0 Å². The Labute approximate surface area is 150 Å². The van der Waals surface area contributed by atoms with Crippen molar-refractivity contribution in [2.45, 2.75) is 19.3 Å². The molecule has 4 rings (SSSR count). The molecule has 6 heteroatoms. The maximum Gasteiger partial charge on any atom is 0.207 e. The van der Waals surface area contributed by atoms with Gasteiger partial charge in [0.05, 0.1) is 25.3 Å². The van der Waals surface area contributed by atoms with Gasteiger partial charge in [-0.15, -0.1) is 0 Å². The highest BCUT2D eigenvalue weighted by molar-refractivity contribution is 6.01. The fourth-order valence-electron chi connectivity index (χ4n) is 3.63. The summed E-state index contributed by atoms with van der Waals surface area (Å²) >= 11 is 0. The van der Waals surface area contributed by atoms with Crippen molar-refractivity contribution >= 4 is 10.8 Å². The third-order valence-electron chi connectivity index (χ3n) is 4.91. The summed E-state index contributed by atoms with van der Waals surface area (Å²) in [6, 6.07) is 6.69. The summed E-state index contributed by atoms with van der Waals surface area (Å²) in [5.41, 5.74) is 0.904. The lowest BCUT2D eigenvalue weighted by molar-refractivity contribution is 0.327. The molecule has 0 saturated carbocycles. The Morgan fingerprint density at radius 2 is 1.77 bits per heavy atom. The summed E-state index contributed by atoms with van der Waals surface area (Å²) in [7, 11) is 2.99. The van der Waals surface area contributed by atoms with Crippen molar-refractivity contribution in [3.05, 3.63) is 41.7 Å². The van der Waals surface area contributed by atoms with Gasteiger partial charge in [0.2, 0.25) is 11.5 Å². The van der Waals surface area contributed by atoms with Gasteiger partial charge in [0, 0.05) is 22.6 Å². The van der Waals surface area contributed by atoms with Crippen LogP contribution in [0.25, 0.3) is 10.8 Å². The number of hydrogen-bond donors (Lipinski definition) is 2. The highest BCUT2D eigenvalue weighted by Gasteiger charge is 2.37. The number of nitrogens with zero attached hydrogens (tertiary/aromatic N) is 1. The first-order valence-corrected chi connectivity index (χ1v) is 8.17. The van der Waals surface area contributed by atoms with E-state index in [1.54, 1.807) is 30.5 Å². The van der Waals surface area contributed by atoms with E-state index in [0.717, 1.165) is 10.9 Å². The number of fused-ring (bicyclic) bond motifs is 1. The van der Waals surface area contributed by atoms with Crippen molar-refractivity contribution in [2.75, 3.05) is 14.2 Å². The molecule has 2 aromatic carbocycles. The summed E-state index contributed by atoms with van der Waals surface area (Å²) in [6.07, 6.45) is 1.69. The SMILES string of the molecule is COc1c(O)c2c3c(nccc3c1OC)C(C)(C)c1cc(O)ccc1O2. The van der Waals surface area contributed by atoms with E-state index in [1.807, 2.05) is 13.8 Å². The Kier molecular flexibility index (Phi) is 3.41. The first kappa shape index (κ1) is 16.3. The number of benzene rings is 2. The van der Waals surface area contributed by atoms with E-state index in [-0.39, 0.29) is 23.0 Å². The maximum atomic E-state index is 10.8. The van der Waals surface area contributed by atoms with Crippen LogP contribution < -0.4 is 14.2 Å². The van der Waals surface area contributed by atoms with Gasteiger partial charge in [0.1, 0.15) is 11.5 Å². The molecule has 0 saturated heterocycles. The minimum Gasteiger partial charge on any atom is -0.508 e. The predicted molar refractivity (Wildman–Crippen MR) is 96.8 cm³/mol. The van der Waals surface area contributed by atoms with Crippen molar-refractivity contribution < 1.29 is 24.4 Å². The lowest BCUT2D eigenvalue weighted by Gasteiger charge is -2.25. The van der Waals surface area contributed by atoms with Crippen LogP contribution in [0.5, 0.6) is 34.5 Å². The lowest BCUT2D eigenvalue weighted by atomic mass is 9.79. The van der Waals surface area contributed by atoms with Crippen LogP contribution in [0.4, 0.5) is 0 Å². The minimum absolute atomic E-state index is 0.137. The zero-order valence-electron chi connectivity index (χ0n) is 15.0. The number of hydrogen-bond acceptors (Lipinski definition) is 6. The summed E-state index contributed by atoms with van der Waals surface area (Å²) in [6.45, 7) is 4.00. The number of phenolic OH excluding ortho intramolecular Hbond substituents is 2. The fraction of sp³-hybridized carbons (Fsp3) is 0.250. The molecule has 0 amide bonds. The molecular formula is C20H19NO5. The van der Waals surface area contributed by atoms with Crippen LogP contribution >= 0.6 is 0 Å². The summed E-state index contributed by atoms with van der Waals surface area (Å²) in [5.74, 6) is 1.40. The van der Waals surface area contributed by atoms with Gasteiger partial charge in [-0.1, -0.05) is 0 Å². The van der Waals surface area contributed by atoms with Gasteiger partial charge in [-0.25, -0.2) is 0 Å². The van der Waals surface area contributed by atoms with Crippen LogP contribution in [0.1, 0.15) is 25.1 Å². The van der Waals surface area contributed by atoms with Crippen LogP contribution in [0.15, 0.2) is 30.5 Å². The van der Waals surface area contributed by atoms with E-state index in [1.165, 1.54) is 14.2 Å². The molecular weight excluding hydrogens is 334 g/mol. The number of ether oxygens (including phenoxy) is 3. The van der Waals surface area contributed by atoms with Crippen LogP contribution in [-0.2, 0) is 5.41 Å². The normalized spacial score (nSPS) is 14.3. The number of rotatable bonds is 2. The molecule has 0 aliphatic carbocycles. The molecule has 2 N–H and O–H groups in total. The van der Waals surface area contributed by atoms with Crippen LogP contribution in [-0.4, -0.2) is 29.4 Å². The van der Waals surface area contributed by atoms with Crippen LogP contribution in [0, 0.1) is 0 Å². The lowest BCUT2D eigenvalue weighted by Crippen LogP contribution is -2.20. The van der Waals surface area contributed by atoms with E-state index >= 15 is 0 Å². The van der Waals surface area contributed by atoms with E-state index in [2.05, 4.69) is 4.98 Å². The molecule has 26 heavy (non-hydrogen) atoms. The Hall–Kier alpha value is -3.15. The smallest absolute Gasteiger partial charge is 0.207 e. The van der Waals surface area contributed by atoms with Gasteiger partial charge in [-0.2, -0.15) is 0 Å². The predicted octanol–water partition coefficient (Wildman–Crippen LogP) is 4.09. The Morgan fingerprint density at radius 3 is 2.46 bits per heavy atom. The molecule has 2 heterocycles. The van der Waals surface area contributed by atoms with Crippen molar-refractivity contribution in [3.63, 3.8) is 0 Å². The number of aromatic hydroxyl groups is 2. The molecule has 0 spiro atoms. The summed E-state index contributed by atoms with van der Waals surface area (Å²) in [4.78, 5) is 4.58. The topological polar surface area (TPSA) is 81.0 Å². The largest absolute Gasteiger partial charge is 0.508 e. The first-order chi connectivity index (χ1) is 12.4. The quantitative estimate of drug-likeness (QED) is 0.722. The molecule has 0 unspecified atom stereocenters. The molecule has 3 aromatic rings. The standard InChI is InChI=1S/C20H19NO5/c1-20(2)12-9-10(22)5-6-13(12)26-17-14-11(7-8-21-19(14)20)16(24-3)18(25-4)15(17)23/h5-9,22-23H,1-4H3. The molecule has 0 fully saturated rings. The average Bonchev–Trinajstić information content (AvgIpc) is 2.72. The zero-order valence-corrected chi connectivity index (χ0v) is 15.0. The Bertz CT molecular complexity index is 1040. The van der Waals surface area contributed by atoms with Gasteiger partial charge in [0.15, 0.2) is 11.5 Å². The van der Waals surface area contributed by atoms with Crippen molar-refractivity contribution in [3.8, 4) is 34.5 Å². The maximum absolute atomic E-state index is 10.8. The molecule has 1 aliphatic heterocycles. The Balaban J connectivity index is 2.21. The van der Waals surface area contributed by atoms with Crippen LogP contribution in [0.2, 0.25) is 0 Å². The van der Waals surface area contributed by atoms with E-state index < -0.39 is 5.41 Å². The van der Waals surface area contributed by atoms with E-state index in [0.29, 0.717) is 22.6 Å². The summed E-state index contributed by atoms with van der Waals surface area (Å²) in [5, 5.41) is 22.2. The highest BCUT2D eigenvalue weighted by Crippen LogP contribution is 2.56. The van der Waals surface area contributed by atoms with Gasteiger partial charge < -0.3 is 24.4 Å². The second kappa shape index (κ2) is 5.42. The third-order valence-corrected chi connectivity index (χ3v) is 4.91. The molecule has 1 aromatic heterocycles. The first-order valence-electron chi connectivity index (χ1n) is 8.17. The fourth-order valence-corrected chi connectivity index (χ4v) is 3.63. The number of aromatic nitrogens is 1. The van der Waals surface area contributed by atoms with Crippen molar-refractivity contribution in [1.82, 2.24) is 4.98 Å². The average molecular weight is 353 g/mol. The Morgan fingerprint density at radius 1 is 1.04 bits per heavy atom. The molecule has 0 atom stereocenters. The summed E-state index contributed by atoms with van der Waals surface area (Å²) < 4.78 is 17.0. The molecule has 134 valence electrons. The van der Waals surface area contributed by atoms with Gasteiger partial charge in [-0.05, 0) is 38.1 Å². The van der Waals surface area contributed by atoms with E-state index in [9.17, 15) is 10.2 Å². The second-order valence-electron chi connectivity index (χ2n) is 6.73. The van der Waals surface area contributed by atoms with Crippen LogP contribution in [0.3, 0.4) is 0 Å². The van der Waals surface area contributed by atoms with Gasteiger partial charge in [0.25, 0.3) is 0 Å². The second-order valence-corrected chi connectivity index (χ2v) is 6.73. The van der Waals surface area contributed by atoms with Gasteiger partial charge in [-0.3, -0.25) is 4.98 Å². The molecule has 0 radical (unpaired) electrons. The monoisotopic (exact) mass is 353 g/mol. The van der Waals surface area contributed by atoms with E-state index in [4.69, 9.17) is 14.2 Å². The third kappa shape index (κ3) is 2.02. The number of phenols is 2. The highest BCUT2D eigenvalue weighted by atomic mass is 16.5. The molecule has 0 bridgehead atoms. The molecule has 1 aliphatic rings. The number of pyridine rings is 1.